The number of hydrogen-bond donors (Lipinski definition) is 1. The van der Waals surface area contributed by atoms with Crippen LogP contribution in [0, 0.1) is 17.3 Å². The molecule has 0 aliphatic heterocycles. The van der Waals surface area contributed by atoms with Crippen molar-refractivity contribution in [1.29, 1.82) is 0 Å². The van der Waals surface area contributed by atoms with Gasteiger partial charge in [-0.15, -0.1) is 0 Å². The SMILES string of the molecule is CC(C)[C@@H](O)C1CCCC1(C)C. The van der Waals surface area contributed by atoms with E-state index in [1.165, 1.54) is 19.3 Å². The average Bonchev–Trinajstić information content (AvgIpc) is 2.27. The van der Waals surface area contributed by atoms with Gasteiger partial charge in [0, 0.05) is 0 Å². The van der Waals surface area contributed by atoms with Gasteiger partial charge in [0.05, 0.1) is 6.10 Å². The second-order valence-electron chi connectivity index (χ2n) is 5.22. The van der Waals surface area contributed by atoms with Gasteiger partial charge in [-0.2, -0.15) is 0 Å². The van der Waals surface area contributed by atoms with Crippen LogP contribution in [0.3, 0.4) is 0 Å². The predicted octanol–water partition coefficient (Wildman–Crippen LogP) is 2.83. The summed E-state index contributed by atoms with van der Waals surface area (Å²) >= 11 is 0. The molecule has 1 fully saturated rings. The molecule has 0 bridgehead atoms. The molecule has 0 aromatic carbocycles. The Kier molecular flexibility index (Phi) is 2.82. The Bertz CT molecular complexity index is 149. The molecule has 1 saturated carbocycles. The maximum atomic E-state index is 9.96. The number of aliphatic hydroxyl groups excluding tert-OH is 1. The fourth-order valence-corrected chi connectivity index (χ4v) is 2.45. The van der Waals surface area contributed by atoms with Crippen molar-refractivity contribution < 1.29 is 5.11 Å². The van der Waals surface area contributed by atoms with Crippen molar-refractivity contribution in [3.8, 4) is 0 Å². The molecule has 0 amide bonds. The van der Waals surface area contributed by atoms with Crippen molar-refractivity contribution in [2.24, 2.45) is 17.3 Å². The second kappa shape index (κ2) is 3.37. The normalized spacial score (nSPS) is 31.0. The molecule has 0 saturated heterocycles. The third-order valence-electron chi connectivity index (χ3n) is 3.44. The smallest absolute Gasteiger partial charge is 0.0596 e. The Morgan fingerprint density at radius 3 is 2.25 bits per heavy atom. The molecule has 12 heavy (non-hydrogen) atoms. The van der Waals surface area contributed by atoms with Gasteiger partial charge in [0.15, 0.2) is 0 Å². The highest BCUT2D eigenvalue weighted by Crippen LogP contribution is 2.45. The number of hydrogen-bond acceptors (Lipinski definition) is 1. The van der Waals surface area contributed by atoms with E-state index in [0.717, 1.165) is 0 Å². The zero-order chi connectivity index (χ0) is 9.35. The molecule has 0 aromatic rings. The van der Waals surface area contributed by atoms with E-state index in [0.29, 0.717) is 17.3 Å². The zero-order valence-corrected chi connectivity index (χ0v) is 8.80. The van der Waals surface area contributed by atoms with E-state index < -0.39 is 0 Å². The van der Waals surface area contributed by atoms with Crippen LogP contribution in [0.1, 0.15) is 47.0 Å². The van der Waals surface area contributed by atoms with Gasteiger partial charge in [0.1, 0.15) is 0 Å². The van der Waals surface area contributed by atoms with E-state index in [1.54, 1.807) is 0 Å². The molecule has 1 aliphatic rings. The lowest BCUT2D eigenvalue weighted by Gasteiger charge is -2.33. The monoisotopic (exact) mass is 170 g/mol. The van der Waals surface area contributed by atoms with E-state index in [4.69, 9.17) is 0 Å². The highest BCUT2D eigenvalue weighted by molar-refractivity contribution is 4.89. The van der Waals surface area contributed by atoms with Crippen LogP contribution < -0.4 is 0 Å². The Balaban J connectivity index is 2.62. The Labute approximate surface area is 76.2 Å². The van der Waals surface area contributed by atoms with Crippen LogP contribution in [0.4, 0.5) is 0 Å². The van der Waals surface area contributed by atoms with Gasteiger partial charge < -0.3 is 5.11 Å². The summed E-state index contributed by atoms with van der Waals surface area (Å²) < 4.78 is 0. The summed E-state index contributed by atoms with van der Waals surface area (Å²) in [5, 5.41) is 9.96. The molecule has 1 heteroatoms. The molecule has 1 nitrogen and oxygen atoms in total. The van der Waals surface area contributed by atoms with Crippen molar-refractivity contribution in [2.45, 2.75) is 53.1 Å². The molecule has 0 radical (unpaired) electrons. The lowest BCUT2D eigenvalue weighted by molar-refractivity contribution is 0.0202. The van der Waals surface area contributed by atoms with E-state index in [9.17, 15) is 5.11 Å². The van der Waals surface area contributed by atoms with Gasteiger partial charge in [-0.3, -0.25) is 0 Å². The summed E-state index contributed by atoms with van der Waals surface area (Å²) in [6.45, 7) is 8.80. The molecule has 0 heterocycles. The van der Waals surface area contributed by atoms with Crippen molar-refractivity contribution in [3.05, 3.63) is 0 Å². The van der Waals surface area contributed by atoms with Crippen LogP contribution >= 0.6 is 0 Å². The minimum atomic E-state index is -0.0949. The Hall–Kier alpha value is -0.0400. The summed E-state index contributed by atoms with van der Waals surface area (Å²) in [5.74, 6) is 0.935. The largest absolute Gasteiger partial charge is 0.393 e. The summed E-state index contributed by atoms with van der Waals surface area (Å²) in [5.41, 5.74) is 0.365. The van der Waals surface area contributed by atoms with Gasteiger partial charge in [-0.05, 0) is 30.1 Å². The van der Waals surface area contributed by atoms with Crippen molar-refractivity contribution in [3.63, 3.8) is 0 Å². The fourth-order valence-electron chi connectivity index (χ4n) is 2.45. The van der Waals surface area contributed by atoms with Crippen molar-refractivity contribution in [1.82, 2.24) is 0 Å². The second-order valence-corrected chi connectivity index (χ2v) is 5.22. The highest BCUT2D eigenvalue weighted by atomic mass is 16.3. The van der Waals surface area contributed by atoms with Gasteiger partial charge >= 0.3 is 0 Å². The molecule has 1 rings (SSSR count). The lowest BCUT2D eigenvalue weighted by Crippen LogP contribution is -2.33. The van der Waals surface area contributed by atoms with Crippen LogP contribution in [-0.2, 0) is 0 Å². The van der Waals surface area contributed by atoms with E-state index in [-0.39, 0.29) is 6.10 Å². The minimum Gasteiger partial charge on any atom is -0.393 e. The van der Waals surface area contributed by atoms with E-state index >= 15 is 0 Å². The Morgan fingerprint density at radius 2 is 1.92 bits per heavy atom. The van der Waals surface area contributed by atoms with Crippen molar-refractivity contribution >= 4 is 0 Å². The first-order valence-electron chi connectivity index (χ1n) is 5.13. The van der Waals surface area contributed by atoms with E-state index in [2.05, 4.69) is 27.7 Å². The van der Waals surface area contributed by atoms with Crippen LogP contribution in [0.15, 0.2) is 0 Å². The average molecular weight is 170 g/mol. The van der Waals surface area contributed by atoms with Gasteiger partial charge in [0.2, 0.25) is 0 Å². The first-order valence-corrected chi connectivity index (χ1v) is 5.13. The summed E-state index contributed by atoms with van der Waals surface area (Å²) in [6.07, 6.45) is 3.69. The summed E-state index contributed by atoms with van der Waals surface area (Å²) in [7, 11) is 0. The van der Waals surface area contributed by atoms with Crippen molar-refractivity contribution in [2.75, 3.05) is 0 Å². The molecular formula is C11H22O. The summed E-state index contributed by atoms with van der Waals surface area (Å²) in [6, 6.07) is 0. The summed E-state index contributed by atoms with van der Waals surface area (Å²) in [4.78, 5) is 0. The molecule has 1 unspecified atom stereocenters. The molecule has 2 atom stereocenters. The van der Waals surface area contributed by atoms with Gasteiger partial charge in [-0.1, -0.05) is 34.1 Å². The maximum Gasteiger partial charge on any atom is 0.0596 e. The number of rotatable bonds is 2. The topological polar surface area (TPSA) is 20.2 Å². The predicted molar refractivity (Wildman–Crippen MR) is 52.0 cm³/mol. The molecule has 1 aliphatic carbocycles. The van der Waals surface area contributed by atoms with Crippen LogP contribution in [0.5, 0.6) is 0 Å². The molecule has 0 spiro atoms. The van der Waals surface area contributed by atoms with Crippen LogP contribution in [-0.4, -0.2) is 11.2 Å². The zero-order valence-electron chi connectivity index (χ0n) is 8.80. The van der Waals surface area contributed by atoms with Crippen LogP contribution in [0.25, 0.3) is 0 Å². The molecule has 72 valence electrons. The van der Waals surface area contributed by atoms with Gasteiger partial charge in [0.25, 0.3) is 0 Å². The quantitative estimate of drug-likeness (QED) is 0.675. The highest BCUT2D eigenvalue weighted by Gasteiger charge is 2.39. The Morgan fingerprint density at radius 1 is 1.33 bits per heavy atom. The van der Waals surface area contributed by atoms with E-state index in [1.807, 2.05) is 0 Å². The van der Waals surface area contributed by atoms with Gasteiger partial charge in [-0.25, -0.2) is 0 Å². The lowest BCUT2D eigenvalue weighted by atomic mass is 9.76. The maximum absolute atomic E-state index is 9.96. The molecule has 1 N–H and O–H groups in total. The third-order valence-corrected chi connectivity index (χ3v) is 3.44. The molecule has 0 aromatic heterocycles. The van der Waals surface area contributed by atoms with Crippen LogP contribution in [0.2, 0.25) is 0 Å². The third kappa shape index (κ3) is 1.82. The first kappa shape index (κ1) is 10.0. The molecular weight excluding hydrogens is 148 g/mol. The first-order chi connectivity index (χ1) is 5.45. The standard InChI is InChI=1S/C11H22O/c1-8(2)10(12)9-6-5-7-11(9,3)4/h8-10,12H,5-7H2,1-4H3/t9?,10-/m1/s1. The minimum absolute atomic E-state index is 0.0949. The fraction of sp³-hybridized carbons (Fsp3) is 1.00. The number of aliphatic hydroxyl groups is 1.